The van der Waals surface area contributed by atoms with Crippen LogP contribution in [0.15, 0.2) is 18.2 Å². The summed E-state index contributed by atoms with van der Waals surface area (Å²) in [6, 6.07) is 4.47. The predicted molar refractivity (Wildman–Crippen MR) is 114 cm³/mol. The zero-order valence-corrected chi connectivity index (χ0v) is 18.3. The lowest BCUT2D eigenvalue weighted by atomic mass is 9.98. The lowest BCUT2D eigenvalue weighted by molar-refractivity contribution is -0.125. The second-order valence-electron chi connectivity index (χ2n) is 7.72. The number of piperidine rings is 1. The summed E-state index contributed by atoms with van der Waals surface area (Å²) < 4.78 is 0. The number of amides is 3. The number of benzene rings is 1. The number of carbonyl (C=O) groups excluding carboxylic acids is 3. The quantitative estimate of drug-likeness (QED) is 0.575. The van der Waals surface area contributed by atoms with Crippen LogP contribution < -0.4 is 16.0 Å². The molecule has 3 N–H and O–H groups in total. The first kappa shape index (κ1) is 23.4. The molecule has 0 spiro atoms. The maximum absolute atomic E-state index is 12.1. The van der Waals surface area contributed by atoms with E-state index >= 15 is 0 Å². The Hall–Kier alpha value is -1.83. The van der Waals surface area contributed by atoms with Crippen molar-refractivity contribution in [1.82, 2.24) is 20.9 Å². The van der Waals surface area contributed by atoms with Crippen molar-refractivity contribution in [2.24, 2.45) is 0 Å². The molecule has 3 amide bonds. The van der Waals surface area contributed by atoms with Crippen LogP contribution in [0.25, 0.3) is 0 Å². The van der Waals surface area contributed by atoms with Crippen LogP contribution in [0.4, 0.5) is 0 Å². The van der Waals surface area contributed by atoms with Gasteiger partial charge in [-0.3, -0.25) is 19.3 Å². The summed E-state index contributed by atoms with van der Waals surface area (Å²) >= 11 is 11.8. The van der Waals surface area contributed by atoms with Crippen molar-refractivity contribution in [3.8, 4) is 0 Å². The third-order valence-electron chi connectivity index (χ3n) is 4.96. The standard InChI is InChI=1S/C20H28Cl2N4O3/c1-20(2,26-8-4-3-5-9-26)13-25-18(28)11-23-17(27)12-24-19(29)15-7-6-14(21)10-16(15)22/h6-7,10H,3-5,8-9,11-13H2,1-2H3,(H,23,27)(H,24,29)(H,25,28). The fourth-order valence-electron chi connectivity index (χ4n) is 3.16. The highest BCUT2D eigenvalue weighted by Gasteiger charge is 2.28. The molecule has 29 heavy (non-hydrogen) atoms. The molecular weight excluding hydrogens is 415 g/mol. The van der Waals surface area contributed by atoms with Gasteiger partial charge in [-0.2, -0.15) is 0 Å². The molecule has 1 aromatic rings. The SMILES string of the molecule is CC(C)(CNC(=O)CNC(=O)CNC(=O)c1ccc(Cl)cc1Cl)N1CCCCC1. The van der Waals surface area contributed by atoms with Crippen molar-refractivity contribution in [3.05, 3.63) is 33.8 Å². The topological polar surface area (TPSA) is 90.5 Å². The summed E-state index contributed by atoms with van der Waals surface area (Å²) in [4.78, 5) is 38.4. The van der Waals surface area contributed by atoms with E-state index in [9.17, 15) is 14.4 Å². The van der Waals surface area contributed by atoms with Crippen molar-refractivity contribution in [1.29, 1.82) is 0 Å². The minimum Gasteiger partial charge on any atom is -0.353 e. The summed E-state index contributed by atoms with van der Waals surface area (Å²) in [5.41, 5.74) is 0.0906. The Morgan fingerprint density at radius 2 is 1.59 bits per heavy atom. The molecule has 0 radical (unpaired) electrons. The average molecular weight is 443 g/mol. The summed E-state index contributed by atoms with van der Waals surface area (Å²) in [6.45, 7) is 6.39. The van der Waals surface area contributed by atoms with Gasteiger partial charge in [0.15, 0.2) is 0 Å². The number of nitrogens with one attached hydrogen (secondary N) is 3. The van der Waals surface area contributed by atoms with Crippen molar-refractivity contribution in [2.45, 2.75) is 38.6 Å². The zero-order valence-electron chi connectivity index (χ0n) is 16.8. The monoisotopic (exact) mass is 442 g/mol. The summed E-state index contributed by atoms with van der Waals surface area (Å²) in [7, 11) is 0. The van der Waals surface area contributed by atoms with Crippen LogP contribution in [0.2, 0.25) is 10.0 Å². The lowest BCUT2D eigenvalue weighted by Gasteiger charge is -2.41. The molecule has 1 fully saturated rings. The third kappa shape index (κ3) is 7.49. The number of halogens is 2. The molecule has 0 aliphatic carbocycles. The molecule has 7 nitrogen and oxygen atoms in total. The molecule has 160 valence electrons. The van der Waals surface area contributed by atoms with Gasteiger partial charge in [0.05, 0.1) is 23.7 Å². The third-order valence-corrected chi connectivity index (χ3v) is 5.51. The first-order valence-electron chi connectivity index (χ1n) is 9.71. The van der Waals surface area contributed by atoms with E-state index in [1.807, 2.05) is 0 Å². The van der Waals surface area contributed by atoms with Gasteiger partial charge in [-0.1, -0.05) is 29.6 Å². The number of carbonyl (C=O) groups is 3. The molecule has 1 heterocycles. The molecular formula is C20H28Cl2N4O3. The molecule has 0 unspecified atom stereocenters. The van der Waals surface area contributed by atoms with Gasteiger partial charge >= 0.3 is 0 Å². The molecule has 1 saturated heterocycles. The Labute approximate surface area is 181 Å². The number of likely N-dealkylation sites (tertiary alicyclic amines) is 1. The van der Waals surface area contributed by atoms with Crippen LogP contribution in [-0.4, -0.2) is 60.9 Å². The van der Waals surface area contributed by atoms with Crippen LogP contribution in [0, 0.1) is 0 Å². The Kier molecular flexibility index (Phi) is 8.74. The first-order valence-corrected chi connectivity index (χ1v) is 10.5. The average Bonchev–Trinajstić information content (AvgIpc) is 2.69. The van der Waals surface area contributed by atoms with E-state index in [-0.39, 0.29) is 35.1 Å². The van der Waals surface area contributed by atoms with Crippen LogP contribution in [0.3, 0.4) is 0 Å². The van der Waals surface area contributed by atoms with E-state index < -0.39 is 11.8 Å². The highest BCUT2D eigenvalue weighted by molar-refractivity contribution is 6.36. The van der Waals surface area contributed by atoms with E-state index in [1.54, 1.807) is 0 Å². The number of rotatable bonds is 8. The van der Waals surface area contributed by atoms with E-state index in [1.165, 1.54) is 37.5 Å². The van der Waals surface area contributed by atoms with E-state index in [0.717, 1.165) is 13.1 Å². The van der Waals surface area contributed by atoms with Gasteiger partial charge < -0.3 is 16.0 Å². The number of hydrogen-bond donors (Lipinski definition) is 3. The molecule has 1 aliphatic heterocycles. The maximum atomic E-state index is 12.1. The van der Waals surface area contributed by atoms with Crippen molar-refractivity contribution in [3.63, 3.8) is 0 Å². The van der Waals surface area contributed by atoms with Crippen LogP contribution >= 0.6 is 23.2 Å². The van der Waals surface area contributed by atoms with Gasteiger partial charge in [0.2, 0.25) is 11.8 Å². The highest BCUT2D eigenvalue weighted by Crippen LogP contribution is 2.21. The lowest BCUT2D eigenvalue weighted by Crippen LogP contribution is -2.54. The minimum atomic E-state index is -0.491. The maximum Gasteiger partial charge on any atom is 0.253 e. The fourth-order valence-corrected chi connectivity index (χ4v) is 3.65. The fraction of sp³-hybridized carbons (Fsp3) is 0.550. The first-order chi connectivity index (χ1) is 13.7. The molecule has 0 atom stereocenters. The van der Waals surface area contributed by atoms with Crippen LogP contribution in [0.1, 0.15) is 43.5 Å². The molecule has 1 aromatic carbocycles. The van der Waals surface area contributed by atoms with Gasteiger partial charge in [-0.05, 0) is 58.0 Å². The van der Waals surface area contributed by atoms with Crippen LogP contribution in [0.5, 0.6) is 0 Å². The van der Waals surface area contributed by atoms with E-state index in [0.29, 0.717) is 11.6 Å². The normalized spacial score (nSPS) is 14.9. The van der Waals surface area contributed by atoms with Crippen molar-refractivity contribution < 1.29 is 14.4 Å². The van der Waals surface area contributed by atoms with Crippen molar-refractivity contribution >= 4 is 40.9 Å². The molecule has 1 aliphatic rings. The molecule has 2 rings (SSSR count). The largest absolute Gasteiger partial charge is 0.353 e. The van der Waals surface area contributed by atoms with Crippen LogP contribution in [-0.2, 0) is 9.59 Å². The molecule has 0 aromatic heterocycles. The van der Waals surface area contributed by atoms with Gasteiger partial charge in [0.1, 0.15) is 0 Å². The summed E-state index contributed by atoms with van der Waals surface area (Å²) in [5, 5.41) is 8.44. The molecule has 0 saturated carbocycles. The van der Waals surface area contributed by atoms with Gasteiger partial charge in [0.25, 0.3) is 5.91 Å². The van der Waals surface area contributed by atoms with E-state index in [4.69, 9.17) is 23.2 Å². The second-order valence-corrected chi connectivity index (χ2v) is 8.56. The number of nitrogens with zero attached hydrogens (tertiary/aromatic N) is 1. The predicted octanol–water partition coefficient (Wildman–Crippen LogP) is 2.22. The summed E-state index contributed by atoms with van der Waals surface area (Å²) in [5.74, 6) is -1.22. The Balaban J connectivity index is 1.69. The van der Waals surface area contributed by atoms with Gasteiger partial charge in [-0.15, -0.1) is 0 Å². The minimum absolute atomic E-state index is 0.133. The van der Waals surface area contributed by atoms with Crippen molar-refractivity contribution in [2.75, 3.05) is 32.7 Å². The van der Waals surface area contributed by atoms with Gasteiger partial charge in [-0.25, -0.2) is 0 Å². The molecule has 9 heteroatoms. The number of hydrogen-bond acceptors (Lipinski definition) is 4. The Morgan fingerprint density at radius 1 is 0.966 bits per heavy atom. The molecule has 0 bridgehead atoms. The Morgan fingerprint density at radius 3 is 2.24 bits per heavy atom. The van der Waals surface area contributed by atoms with Gasteiger partial charge in [0, 0.05) is 17.1 Å². The zero-order chi connectivity index (χ0) is 21.4. The van der Waals surface area contributed by atoms with E-state index in [2.05, 4.69) is 34.7 Å². The smallest absolute Gasteiger partial charge is 0.253 e. The summed E-state index contributed by atoms with van der Waals surface area (Å²) in [6.07, 6.45) is 3.62. The highest BCUT2D eigenvalue weighted by atomic mass is 35.5. The Bertz CT molecular complexity index is 749. The second kappa shape index (κ2) is 10.8.